The molecule has 10 aromatic rings. The van der Waals surface area contributed by atoms with Crippen molar-refractivity contribution >= 4 is 60.9 Å². The largest absolute Gasteiger partial charge is 0.254 e. The van der Waals surface area contributed by atoms with Gasteiger partial charge in [0.05, 0.1) is 27.8 Å². The number of fused-ring (bicyclic) bond motifs is 6. The van der Waals surface area contributed by atoms with Gasteiger partial charge in [-0.1, -0.05) is 134 Å². The van der Waals surface area contributed by atoms with Crippen LogP contribution in [0.4, 0.5) is 0 Å². The molecule has 4 heterocycles. The fourth-order valence-corrected chi connectivity index (χ4v) is 7.61. The monoisotopic (exact) mass is 756 g/mol. The first-order valence-corrected chi connectivity index (χ1v) is 19.5. The molecule has 0 aliphatic heterocycles. The molecule has 10 rings (SSSR count). The summed E-state index contributed by atoms with van der Waals surface area (Å²) < 4.78 is 0. The average molecular weight is 757 g/mol. The van der Waals surface area contributed by atoms with Crippen molar-refractivity contribution in [3.05, 3.63) is 212 Å². The Balaban J connectivity index is 1.03. The van der Waals surface area contributed by atoms with Crippen molar-refractivity contribution in [1.82, 2.24) is 19.9 Å². The highest BCUT2D eigenvalue weighted by molar-refractivity contribution is 6.13. The first-order valence-electron chi connectivity index (χ1n) is 19.5. The lowest BCUT2D eigenvalue weighted by Gasteiger charge is -2.11. The van der Waals surface area contributed by atoms with E-state index in [0.717, 1.165) is 93.8 Å². The van der Waals surface area contributed by atoms with E-state index in [9.17, 15) is 0 Å². The molecule has 6 aromatic carbocycles. The topological polar surface area (TPSA) is 76.3 Å². The molecule has 278 valence electrons. The molecule has 0 radical (unpaired) electrons. The zero-order valence-electron chi connectivity index (χ0n) is 32.3. The number of hydrogen-bond acceptors (Lipinski definition) is 5. The zero-order valence-corrected chi connectivity index (χ0v) is 32.3. The summed E-state index contributed by atoms with van der Waals surface area (Å²) in [7, 11) is 0. The van der Waals surface area contributed by atoms with Crippen molar-refractivity contribution < 1.29 is 0 Å². The maximum atomic E-state index is 5.21. The molecule has 0 saturated heterocycles. The fraction of sp³-hybridized carbons (Fsp3) is 0.0189. The van der Waals surface area contributed by atoms with Gasteiger partial charge in [-0.3, -0.25) is 19.9 Å². The number of pyridine rings is 4. The Morgan fingerprint density at radius 2 is 0.898 bits per heavy atom. The standard InChI is InChI=1S/C53H36N6/c1-34(36-18-20-38(21-19-36)37-10-4-3-5-11-37)58-53(46-15-7-14-43(29-46)48-31-45-25-23-40-17-9-27-55-50(40)52(45)57-33-48)59-35(2)41-12-6-13-42(28-41)47-30-44-24-22-39-16-8-26-54-49(39)51(44)56-32-47/h3-33H,2H2,1H3. The summed E-state index contributed by atoms with van der Waals surface area (Å²) in [5.41, 5.74) is 14.1. The fourth-order valence-electron chi connectivity index (χ4n) is 7.61. The third-order valence-corrected chi connectivity index (χ3v) is 10.8. The average Bonchev–Trinajstić information content (AvgIpc) is 3.31. The van der Waals surface area contributed by atoms with Crippen LogP contribution < -0.4 is 0 Å². The Labute approximate surface area is 341 Å². The van der Waals surface area contributed by atoms with Crippen molar-refractivity contribution in [2.24, 2.45) is 9.98 Å². The second-order valence-electron chi connectivity index (χ2n) is 14.6. The summed E-state index contributed by atoms with van der Waals surface area (Å²) >= 11 is 0. The minimum atomic E-state index is 0.558. The molecular weight excluding hydrogens is 721 g/mol. The smallest absolute Gasteiger partial charge is 0.160 e. The maximum Gasteiger partial charge on any atom is 0.160 e. The molecule has 0 spiro atoms. The summed E-state index contributed by atoms with van der Waals surface area (Å²) in [4.78, 5) is 29.3. The first kappa shape index (κ1) is 35.5. The molecule has 6 heteroatoms. The van der Waals surface area contributed by atoms with Gasteiger partial charge in [-0.25, -0.2) is 9.98 Å². The van der Waals surface area contributed by atoms with Crippen LogP contribution in [0, 0.1) is 0 Å². The van der Waals surface area contributed by atoms with Crippen LogP contribution in [0.15, 0.2) is 205 Å². The van der Waals surface area contributed by atoms with Crippen molar-refractivity contribution in [2.75, 3.05) is 0 Å². The minimum Gasteiger partial charge on any atom is -0.254 e. The summed E-state index contributed by atoms with van der Waals surface area (Å²) in [6.07, 6.45) is 7.45. The Morgan fingerprint density at radius 3 is 1.51 bits per heavy atom. The number of rotatable bonds is 7. The number of benzene rings is 6. The quantitative estimate of drug-likeness (QED) is 0.0922. The molecule has 0 aliphatic carbocycles. The SMILES string of the molecule is C=C(N=C(N=C(C)c1ccc(-c2ccccc2)cc1)c1cccc(-c2cnc3c(ccc4cccnc43)c2)c1)c1cccc(-c2cnc3c(ccc4cccnc43)c2)c1. The van der Waals surface area contributed by atoms with Gasteiger partial charge in [-0.05, 0) is 71.1 Å². The Kier molecular flexibility index (Phi) is 9.12. The Morgan fingerprint density at radius 1 is 0.390 bits per heavy atom. The second-order valence-corrected chi connectivity index (χ2v) is 14.6. The third kappa shape index (κ3) is 7.04. The Hall–Kier alpha value is -7.96. The van der Waals surface area contributed by atoms with Crippen molar-refractivity contribution in [1.29, 1.82) is 0 Å². The highest BCUT2D eigenvalue weighted by atomic mass is 14.9. The predicted molar refractivity (Wildman–Crippen MR) is 245 cm³/mol. The summed E-state index contributed by atoms with van der Waals surface area (Å²) in [5, 5.41) is 4.20. The molecule has 0 amide bonds. The lowest BCUT2D eigenvalue weighted by atomic mass is 10.0. The van der Waals surface area contributed by atoms with E-state index in [1.54, 1.807) is 0 Å². The van der Waals surface area contributed by atoms with Crippen molar-refractivity contribution in [3.63, 3.8) is 0 Å². The van der Waals surface area contributed by atoms with Crippen LogP contribution >= 0.6 is 0 Å². The van der Waals surface area contributed by atoms with E-state index in [2.05, 4.69) is 138 Å². The lowest BCUT2D eigenvalue weighted by molar-refractivity contribution is 1.37. The molecule has 0 unspecified atom stereocenters. The van der Waals surface area contributed by atoms with Gasteiger partial charge in [-0.15, -0.1) is 0 Å². The normalized spacial score (nSPS) is 12.1. The molecule has 4 aromatic heterocycles. The van der Waals surface area contributed by atoms with E-state index in [1.807, 2.05) is 74.2 Å². The third-order valence-electron chi connectivity index (χ3n) is 10.8. The van der Waals surface area contributed by atoms with Gasteiger partial charge in [0.15, 0.2) is 5.84 Å². The van der Waals surface area contributed by atoms with Gasteiger partial charge >= 0.3 is 0 Å². The first-order chi connectivity index (χ1) is 29.0. The minimum absolute atomic E-state index is 0.558. The number of aliphatic imine (C=N–C) groups is 2. The molecule has 0 saturated carbocycles. The molecule has 0 fully saturated rings. The van der Waals surface area contributed by atoms with Crippen LogP contribution in [0.25, 0.3) is 82.7 Å². The van der Waals surface area contributed by atoms with Gasteiger partial charge in [0.25, 0.3) is 0 Å². The number of amidine groups is 1. The van der Waals surface area contributed by atoms with Crippen LogP contribution in [0.3, 0.4) is 0 Å². The molecule has 59 heavy (non-hydrogen) atoms. The predicted octanol–water partition coefficient (Wildman–Crippen LogP) is 12.8. The molecule has 6 nitrogen and oxygen atoms in total. The zero-order chi connectivity index (χ0) is 39.7. The van der Waals surface area contributed by atoms with Crippen LogP contribution in [0.1, 0.15) is 23.6 Å². The van der Waals surface area contributed by atoms with E-state index in [-0.39, 0.29) is 0 Å². The van der Waals surface area contributed by atoms with Crippen LogP contribution in [-0.2, 0) is 0 Å². The Bertz CT molecular complexity index is 3290. The van der Waals surface area contributed by atoms with E-state index >= 15 is 0 Å². The lowest BCUT2D eigenvalue weighted by Crippen LogP contribution is -2.04. The van der Waals surface area contributed by atoms with Gasteiger partial charge in [0, 0.05) is 74.3 Å². The van der Waals surface area contributed by atoms with Gasteiger partial charge in [0.2, 0.25) is 0 Å². The molecule has 0 atom stereocenters. The highest BCUT2D eigenvalue weighted by Crippen LogP contribution is 2.31. The van der Waals surface area contributed by atoms with E-state index in [4.69, 9.17) is 20.0 Å². The number of nitrogens with zero attached hydrogens (tertiary/aromatic N) is 6. The summed E-state index contributed by atoms with van der Waals surface area (Å²) in [6, 6.07) is 56.2. The summed E-state index contributed by atoms with van der Waals surface area (Å²) in [6.45, 7) is 6.50. The summed E-state index contributed by atoms with van der Waals surface area (Å²) in [5.74, 6) is 0.558. The van der Waals surface area contributed by atoms with Gasteiger partial charge in [0.1, 0.15) is 0 Å². The van der Waals surface area contributed by atoms with Crippen molar-refractivity contribution in [2.45, 2.75) is 6.92 Å². The van der Waals surface area contributed by atoms with E-state index in [1.165, 1.54) is 5.56 Å². The molecular formula is C53H36N6. The van der Waals surface area contributed by atoms with E-state index in [0.29, 0.717) is 11.5 Å². The van der Waals surface area contributed by atoms with Crippen LogP contribution in [-0.4, -0.2) is 31.5 Å². The van der Waals surface area contributed by atoms with Gasteiger partial charge < -0.3 is 0 Å². The second kappa shape index (κ2) is 15.2. The molecule has 0 bridgehead atoms. The van der Waals surface area contributed by atoms with Crippen LogP contribution in [0.2, 0.25) is 0 Å². The maximum absolute atomic E-state index is 5.21. The molecule has 0 aliphatic rings. The van der Waals surface area contributed by atoms with Crippen molar-refractivity contribution in [3.8, 4) is 33.4 Å². The van der Waals surface area contributed by atoms with Crippen LogP contribution in [0.5, 0.6) is 0 Å². The number of hydrogen-bond donors (Lipinski definition) is 0. The van der Waals surface area contributed by atoms with Gasteiger partial charge in [-0.2, -0.15) is 0 Å². The highest BCUT2D eigenvalue weighted by Gasteiger charge is 2.13. The number of aromatic nitrogens is 4. The van der Waals surface area contributed by atoms with E-state index < -0.39 is 0 Å². The molecule has 0 N–H and O–H groups in total.